The van der Waals surface area contributed by atoms with Crippen molar-refractivity contribution in [3.05, 3.63) is 52.6 Å². The zero-order chi connectivity index (χ0) is 38.2. The molecule has 2 atom stereocenters. The van der Waals surface area contributed by atoms with Crippen molar-refractivity contribution < 1.29 is 35.9 Å². The van der Waals surface area contributed by atoms with Gasteiger partial charge in [0.15, 0.2) is 5.82 Å². The maximum atomic E-state index is 17.2. The summed E-state index contributed by atoms with van der Waals surface area (Å²) in [6.07, 6.45) is -1.09. The van der Waals surface area contributed by atoms with Crippen molar-refractivity contribution in [2.24, 2.45) is 5.41 Å². The fourth-order valence-electron chi connectivity index (χ4n) is 8.86. The highest BCUT2D eigenvalue weighted by atomic mass is 35.5. The molecule has 0 unspecified atom stereocenters. The quantitative estimate of drug-likeness (QED) is 0.156. The van der Waals surface area contributed by atoms with Gasteiger partial charge in [0, 0.05) is 73.0 Å². The lowest BCUT2D eigenvalue weighted by atomic mass is 9.75. The van der Waals surface area contributed by atoms with E-state index in [-0.39, 0.29) is 85.9 Å². The predicted octanol–water partition coefficient (Wildman–Crippen LogP) is 7.79. The lowest BCUT2D eigenvalue weighted by molar-refractivity contribution is -0.138. The minimum absolute atomic E-state index is 0.00708. The third-order valence-corrected chi connectivity index (χ3v) is 12.6. The minimum atomic E-state index is -4.61. The molecule has 0 aliphatic carbocycles. The monoisotopic (exact) mass is 789 g/mol. The fourth-order valence-corrected chi connectivity index (χ4v) is 10.1. The van der Waals surface area contributed by atoms with Gasteiger partial charge >= 0.3 is 12.2 Å². The summed E-state index contributed by atoms with van der Waals surface area (Å²) in [5, 5.41) is 10.3. The highest BCUT2D eigenvalue weighted by Crippen LogP contribution is 2.47. The molecule has 17 heteroatoms. The molecule has 54 heavy (non-hydrogen) atoms. The molecule has 6 heterocycles. The van der Waals surface area contributed by atoms with Crippen LogP contribution in [0.3, 0.4) is 0 Å². The number of anilines is 2. The number of halogens is 7. The number of aromatic nitrogens is 2. The van der Waals surface area contributed by atoms with Crippen LogP contribution in [0.5, 0.6) is 6.01 Å². The maximum absolute atomic E-state index is 17.2. The largest absolute Gasteiger partial charge is 0.461 e. The lowest BCUT2D eigenvalue weighted by Gasteiger charge is -2.51. The Bertz CT molecular complexity index is 2250. The van der Waals surface area contributed by atoms with Crippen molar-refractivity contribution in [2.45, 2.75) is 56.4 Å². The second-order valence-electron chi connectivity index (χ2n) is 14.8. The van der Waals surface area contributed by atoms with Crippen LogP contribution in [0.4, 0.5) is 37.2 Å². The number of fused-ring (bicyclic) bond motifs is 3. The zero-order valence-corrected chi connectivity index (χ0v) is 30.4. The Morgan fingerprint density at radius 2 is 1.94 bits per heavy atom. The van der Waals surface area contributed by atoms with Crippen LogP contribution in [0.2, 0.25) is 5.02 Å². The predicted molar refractivity (Wildman–Crippen MR) is 193 cm³/mol. The molecule has 8 rings (SSSR count). The number of amides is 1. The second kappa shape index (κ2) is 13.5. The van der Waals surface area contributed by atoms with Crippen LogP contribution in [0.15, 0.2) is 30.4 Å². The number of nitriles is 1. The standard InChI is InChI=1S/C37H34ClF6N7O2S/c38-24-12-22-30(29(41)28(24)21-4-5-25(40)31-27(21)23(14-45)32(46)54-31)47-34(53-19-36-8-3-11-51(36)15-20(39)13-36)48-33(22)49-10-2-1-7-35(16-49)17-50(18-35)26(52)6-9-37(42,43)44/h4-6,9,12,20H,1-3,7-8,10-11,13,15-19,46H2/b9-6+/t20-,36+/m1/s1. The van der Waals surface area contributed by atoms with E-state index in [1.165, 1.54) is 17.0 Å². The Morgan fingerprint density at radius 3 is 2.70 bits per heavy atom. The number of benzene rings is 2. The molecule has 4 saturated heterocycles. The van der Waals surface area contributed by atoms with E-state index < -0.39 is 40.8 Å². The van der Waals surface area contributed by atoms with Gasteiger partial charge in [-0.05, 0) is 49.9 Å². The van der Waals surface area contributed by atoms with E-state index in [0.29, 0.717) is 44.4 Å². The molecule has 2 aromatic carbocycles. The molecular formula is C37H34ClF6N7O2S. The summed E-state index contributed by atoms with van der Waals surface area (Å²) in [6, 6.07) is 5.87. The molecule has 4 aliphatic rings. The summed E-state index contributed by atoms with van der Waals surface area (Å²) in [6.45, 7) is 2.39. The first-order valence-corrected chi connectivity index (χ1v) is 18.8. The minimum Gasteiger partial charge on any atom is -0.461 e. The molecule has 4 aromatic rings. The average molecular weight is 790 g/mol. The number of allylic oxidation sites excluding steroid dienone is 1. The van der Waals surface area contributed by atoms with Gasteiger partial charge in [-0.2, -0.15) is 28.4 Å². The van der Waals surface area contributed by atoms with Crippen molar-refractivity contribution in [1.82, 2.24) is 19.8 Å². The van der Waals surface area contributed by atoms with Gasteiger partial charge in [-0.1, -0.05) is 24.1 Å². The summed E-state index contributed by atoms with van der Waals surface area (Å²) < 4.78 is 91.3. The molecule has 0 bridgehead atoms. The highest BCUT2D eigenvalue weighted by Gasteiger charge is 2.50. The van der Waals surface area contributed by atoms with E-state index in [1.807, 2.05) is 11.0 Å². The van der Waals surface area contributed by atoms with E-state index in [9.17, 15) is 32.0 Å². The highest BCUT2D eigenvalue weighted by molar-refractivity contribution is 7.23. The molecule has 2 aromatic heterocycles. The Balaban J connectivity index is 1.21. The SMILES string of the molecule is N#Cc1c(N)sc2c(F)ccc(-c3c(Cl)cc4c(N5CCCCC6(CN(C(=O)/C=C/C(F)(F)F)C6)C5)nc(OC[C@@]56CCCN5C[C@H](F)C6)nc4c3F)c12. The van der Waals surface area contributed by atoms with Gasteiger partial charge in [0.05, 0.1) is 20.8 Å². The molecule has 4 aliphatic heterocycles. The number of nitrogen functional groups attached to an aromatic ring is 1. The lowest BCUT2D eigenvalue weighted by Crippen LogP contribution is -2.61. The van der Waals surface area contributed by atoms with Crippen molar-refractivity contribution in [2.75, 3.05) is 56.5 Å². The topological polar surface area (TPSA) is 112 Å². The summed E-state index contributed by atoms with van der Waals surface area (Å²) in [5.74, 6) is -1.92. The zero-order valence-electron chi connectivity index (χ0n) is 28.8. The number of nitrogens with zero attached hydrogens (tertiary/aromatic N) is 6. The summed E-state index contributed by atoms with van der Waals surface area (Å²) in [5.41, 5.74) is 4.93. The Kier molecular flexibility index (Phi) is 9.13. The van der Waals surface area contributed by atoms with Gasteiger partial charge in [-0.25, -0.2) is 13.2 Å². The number of alkyl halides is 4. The Labute approximate surface area is 314 Å². The number of carbonyl (C=O) groups excluding carboxylic acids is 1. The molecule has 9 nitrogen and oxygen atoms in total. The van der Waals surface area contributed by atoms with E-state index in [4.69, 9.17) is 27.1 Å². The number of carbonyl (C=O) groups is 1. The van der Waals surface area contributed by atoms with Gasteiger partial charge in [0.1, 0.15) is 41.0 Å². The van der Waals surface area contributed by atoms with E-state index in [0.717, 1.165) is 43.2 Å². The third-order valence-electron chi connectivity index (χ3n) is 11.3. The number of hydrogen-bond acceptors (Lipinski definition) is 9. The average Bonchev–Trinajstić information content (AvgIpc) is 3.68. The molecular weight excluding hydrogens is 756 g/mol. The Hall–Kier alpha value is -4.33. The van der Waals surface area contributed by atoms with Crippen LogP contribution < -0.4 is 15.4 Å². The second-order valence-corrected chi connectivity index (χ2v) is 16.3. The fraction of sp³-hybridized carbons (Fsp3) is 0.459. The van der Waals surface area contributed by atoms with E-state index in [2.05, 4.69) is 9.88 Å². The number of nitrogens with two attached hydrogens (primary N) is 1. The van der Waals surface area contributed by atoms with Crippen molar-refractivity contribution in [1.29, 1.82) is 5.26 Å². The van der Waals surface area contributed by atoms with Crippen molar-refractivity contribution in [3.8, 4) is 23.2 Å². The molecule has 284 valence electrons. The van der Waals surface area contributed by atoms with Gasteiger partial charge in [0.2, 0.25) is 5.91 Å². The van der Waals surface area contributed by atoms with Crippen LogP contribution in [0.1, 0.15) is 44.1 Å². The molecule has 2 N–H and O–H groups in total. The number of ether oxygens (including phenoxy) is 1. The van der Waals surface area contributed by atoms with Crippen LogP contribution in [0, 0.1) is 28.4 Å². The van der Waals surface area contributed by atoms with Crippen LogP contribution in [-0.4, -0.2) is 89.4 Å². The van der Waals surface area contributed by atoms with Gasteiger partial charge in [0.25, 0.3) is 0 Å². The third kappa shape index (κ3) is 6.37. The van der Waals surface area contributed by atoms with Crippen LogP contribution in [-0.2, 0) is 4.79 Å². The molecule has 0 radical (unpaired) electrons. The number of likely N-dealkylation sites (tertiary alicyclic amines) is 1. The smallest absolute Gasteiger partial charge is 0.409 e. The summed E-state index contributed by atoms with van der Waals surface area (Å²) >= 11 is 7.75. The van der Waals surface area contributed by atoms with Crippen molar-refractivity contribution in [3.63, 3.8) is 0 Å². The van der Waals surface area contributed by atoms with Gasteiger partial charge in [-0.3, -0.25) is 9.69 Å². The summed E-state index contributed by atoms with van der Waals surface area (Å²) in [7, 11) is 0. The van der Waals surface area contributed by atoms with Crippen LogP contribution in [0.25, 0.3) is 32.1 Å². The number of hydrogen-bond donors (Lipinski definition) is 1. The molecule has 4 fully saturated rings. The number of rotatable bonds is 6. The van der Waals surface area contributed by atoms with Gasteiger partial charge < -0.3 is 20.3 Å². The maximum Gasteiger partial charge on any atom is 0.409 e. The van der Waals surface area contributed by atoms with E-state index >= 15 is 4.39 Å². The number of thiophene rings is 1. The van der Waals surface area contributed by atoms with Crippen LogP contribution >= 0.6 is 22.9 Å². The Morgan fingerprint density at radius 1 is 1.15 bits per heavy atom. The normalized spacial score (nSPS) is 23.0. The molecule has 1 amide bonds. The van der Waals surface area contributed by atoms with Crippen molar-refractivity contribution >= 4 is 60.7 Å². The first-order valence-electron chi connectivity index (χ1n) is 17.6. The molecule has 0 saturated carbocycles. The first-order chi connectivity index (χ1) is 25.7. The summed E-state index contributed by atoms with van der Waals surface area (Å²) in [4.78, 5) is 27.3. The first kappa shape index (κ1) is 36.6. The van der Waals surface area contributed by atoms with E-state index in [1.54, 1.807) is 0 Å². The van der Waals surface area contributed by atoms with Gasteiger partial charge in [-0.15, -0.1) is 11.3 Å². The molecule has 1 spiro atoms.